The fourth-order valence-corrected chi connectivity index (χ4v) is 13.9. The number of hydrogen-bond donors (Lipinski definition) is 3. The van der Waals surface area contributed by atoms with E-state index in [1.54, 1.807) is 0 Å². The number of ether oxygens (including phenoxy) is 4. The van der Waals surface area contributed by atoms with E-state index in [-0.39, 0.29) is 25.7 Å². The van der Waals surface area contributed by atoms with Gasteiger partial charge in [0.05, 0.1) is 26.4 Å². The molecular weight excluding hydrogens is 1290 g/mol. The Labute approximate surface area is 607 Å². The lowest BCUT2D eigenvalue weighted by Gasteiger charge is -2.21. The average molecular weight is 1450 g/mol. The molecule has 0 aliphatic carbocycles. The largest absolute Gasteiger partial charge is 0.472 e. The summed E-state index contributed by atoms with van der Waals surface area (Å²) in [5.74, 6) is 0.162. The maximum atomic E-state index is 13.1. The third-order valence-corrected chi connectivity index (χ3v) is 20.9. The number of esters is 4. The molecule has 0 aromatic rings. The molecule has 0 saturated heterocycles. The normalized spacial score (nSPS) is 14.3. The molecule has 0 bridgehead atoms. The number of unbranched alkanes of at least 4 members (excludes halogenated alkanes) is 45. The van der Waals surface area contributed by atoms with Gasteiger partial charge in [-0.2, -0.15) is 0 Å². The van der Waals surface area contributed by atoms with Crippen molar-refractivity contribution in [1.29, 1.82) is 0 Å². The van der Waals surface area contributed by atoms with Gasteiger partial charge in [0.25, 0.3) is 0 Å². The summed E-state index contributed by atoms with van der Waals surface area (Å²) in [7, 11) is -9.92. The van der Waals surface area contributed by atoms with E-state index in [9.17, 15) is 43.2 Å². The first-order valence-electron chi connectivity index (χ1n) is 41.4. The van der Waals surface area contributed by atoms with Crippen molar-refractivity contribution in [2.45, 2.75) is 433 Å². The van der Waals surface area contributed by atoms with Crippen molar-refractivity contribution in [3.05, 3.63) is 0 Å². The zero-order valence-electron chi connectivity index (χ0n) is 65.0. The monoisotopic (exact) mass is 1450 g/mol. The number of phosphoric acid groups is 2. The second-order valence-corrected chi connectivity index (χ2v) is 32.9. The van der Waals surface area contributed by atoms with E-state index in [2.05, 4.69) is 48.5 Å². The van der Waals surface area contributed by atoms with Crippen molar-refractivity contribution in [3.8, 4) is 0 Å². The van der Waals surface area contributed by atoms with Crippen LogP contribution < -0.4 is 0 Å². The molecule has 0 saturated carbocycles. The van der Waals surface area contributed by atoms with Crippen LogP contribution in [0.4, 0.5) is 0 Å². The maximum Gasteiger partial charge on any atom is 0.472 e. The molecule has 0 spiro atoms. The molecule has 0 fully saturated rings. The molecule has 3 N–H and O–H groups in total. The molecule has 588 valence electrons. The van der Waals surface area contributed by atoms with Gasteiger partial charge in [0, 0.05) is 25.7 Å². The Bertz CT molecular complexity index is 1920. The Hall–Kier alpha value is -1.94. The summed E-state index contributed by atoms with van der Waals surface area (Å²) < 4.78 is 68.7. The number of rotatable bonds is 78. The van der Waals surface area contributed by atoms with E-state index in [1.165, 1.54) is 218 Å². The molecule has 3 unspecified atom stereocenters. The lowest BCUT2D eigenvalue weighted by Crippen LogP contribution is -2.30. The minimum absolute atomic E-state index is 0.104. The van der Waals surface area contributed by atoms with Crippen molar-refractivity contribution in [2.75, 3.05) is 39.6 Å². The molecule has 0 aromatic carbocycles. The fraction of sp³-hybridized carbons (Fsp3) is 0.950. The van der Waals surface area contributed by atoms with Crippen LogP contribution >= 0.6 is 15.6 Å². The van der Waals surface area contributed by atoms with Gasteiger partial charge in [0.15, 0.2) is 12.2 Å². The van der Waals surface area contributed by atoms with Gasteiger partial charge in [-0.3, -0.25) is 37.3 Å². The van der Waals surface area contributed by atoms with Crippen LogP contribution in [0.25, 0.3) is 0 Å². The fourth-order valence-electron chi connectivity index (χ4n) is 12.3. The van der Waals surface area contributed by atoms with Crippen molar-refractivity contribution in [2.24, 2.45) is 17.8 Å². The molecular formula is C80H156O17P2. The maximum absolute atomic E-state index is 13.1. The minimum Gasteiger partial charge on any atom is -0.462 e. The number of carbonyl (C=O) groups is 4. The van der Waals surface area contributed by atoms with Gasteiger partial charge in [-0.15, -0.1) is 0 Å². The minimum atomic E-state index is -4.96. The first-order chi connectivity index (χ1) is 47.8. The van der Waals surface area contributed by atoms with E-state index in [0.29, 0.717) is 25.7 Å². The molecule has 0 amide bonds. The quantitative estimate of drug-likeness (QED) is 0.0222. The van der Waals surface area contributed by atoms with Crippen LogP contribution in [0.3, 0.4) is 0 Å². The summed E-state index contributed by atoms with van der Waals surface area (Å²) in [4.78, 5) is 73.0. The molecule has 17 nitrogen and oxygen atoms in total. The number of aliphatic hydroxyl groups is 1. The highest BCUT2D eigenvalue weighted by Gasteiger charge is 2.30. The van der Waals surface area contributed by atoms with Crippen LogP contribution in [0.2, 0.25) is 0 Å². The van der Waals surface area contributed by atoms with Crippen molar-refractivity contribution >= 4 is 39.5 Å². The molecule has 0 aromatic heterocycles. The van der Waals surface area contributed by atoms with Crippen LogP contribution in [-0.2, 0) is 65.4 Å². The van der Waals surface area contributed by atoms with Crippen molar-refractivity contribution in [1.82, 2.24) is 0 Å². The first-order valence-corrected chi connectivity index (χ1v) is 44.4. The molecule has 0 radical (unpaired) electrons. The molecule has 0 heterocycles. The summed E-state index contributed by atoms with van der Waals surface area (Å²) in [5, 5.41) is 10.6. The predicted molar refractivity (Wildman–Crippen MR) is 405 cm³/mol. The van der Waals surface area contributed by atoms with E-state index >= 15 is 0 Å². The van der Waals surface area contributed by atoms with Gasteiger partial charge in [-0.25, -0.2) is 9.13 Å². The highest BCUT2D eigenvalue weighted by molar-refractivity contribution is 7.47. The third kappa shape index (κ3) is 72.8. The highest BCUT2D eigenvalue weighted by atomic mass is 31.2. The topological polar surface area (TPSA) is 237 Å². The van der Waals surface area contributed by atoms with Crippen LogP contribution in [0.15, 0.2) is 0 Å². The molecule has 0 aliphatic rings. The average Bonchev–Trinajstić information content (AvgIpc) is 1.38. The number of carbonyl (C=O) groups excluding carboxylic acids is 4. The van der Waals surface area contributed by atoms with Gasteiger partial charge in [0.1, 0.15) is 19.3 Å². The summed E-state index contributed by atoms with van der Waals surface area (Å²) in [6, 6.07) is 0. The number of phosphoric ester groups is 2. The van der Waals surface area contributed by atoms with Crippen LogP contribution in [0.5, 0.6) is 0 Å². The van der Waals surface area contributed by atoms with E-state index in [0.717, 1.165) is 114 Å². The van der Waals surface area contributed by atoms with E-state index in [4.69, 9.17) is 37.0 Å². The summed E-state index contributed by atoms with van der Waals surface area (Å²) in [6.45, 7) is 11.9. The van der Waals surface area contributed by atoms with Gasteiger partial charge in [0.2, 0.25) is 0 Å². The van der Waals surface area contributed by atoms with Crippen LogP contribution in [0, 0.1) is 17.8 Å². The lowest BCUT2D eigenvalue weighted by atomic mass is 10.00. The Morgan fingerprint density at radius 3 is 0.768 bits per heavy atom. The Morgan fingerprint density at radius 2 is 0.515 bits per heavy atom. The Balaban J connectivity index is 5.23. The zero-order valence-corrected chi connectivity index (χ0v) is 66.8. The Kier molecular flexibility index (Phi) is 69.0. The van der Waals surface area contributed by atoms with Gasteiger partial charge in [-0.1, -0.05) is 363 Å². The molecule has 99 heavy (non-hydrogen) atoms. The highest BCUT2D eigenvalue weighted by Crippen LogP contribution is 2.45. The summed E-state index contributed by atoms with van der Waals surface area (Å²) in [6.07, 6.45) is 58.4. The second-order valence-electron chi connectivity index (χ2n) is 30.0. The molecule has 19 heteroatoms. The SMILES string of the molecule is CCCCCCCCCCCCCCCCCCCCC(=O)OC[C@H](COP(=O)(O)OC[C@@H](O)COP(=O)(O)OC[C@@H](COC(=O)CCCCCCCCC(C)CC)OC(=O)CCCCCCCCCCCC(C)C)OC(=O)CCCCCCCCCCCCCCCCCCC(C)C. The molecule has 0 aliphatic heterocycles. The first kappa shape index (κ1) is 97.1. The standard InChI is InChI=1S/C80H156O17P2/c1-8-10-11-12-13-14-15-16-17-18-19-23-26-29-34-39-47-54-61-77(82)90-67-75(96-79(84)63-56-49-40-35-30-27-24-21-20-22-25-28-32-37-44-51-58-71(3)4)69-94-98(86,87)92-65-74(81)66-93-99(88,89)95-70-76(68-91-78(83)62-55-48-43-42-46-53-60-73(7)9-2)97-80(85)64-57-50-41-36-31-33-38-45-52-59-72(5)6/h71-76,81H,8-70H2,1-7H3,(H,86,87)(H,88,89)/t73?,74-,75-,76-/m1/s1. The Morgan fingerprint density at radius 1 is 0.293 bits per heavy atom. The predicted octanol–water partition coefficient (Wildman–Crippen LogP) is 23.7. The van der Waals surface area contributed by atoms with Gasteiger partial charge < -0.3 is 33.8 Å². The van der Waals surface area contributed by atoms with Gasteiger partial charge in [-0.05, 0) is 43.4 Å². The van der Waals surface area contributed by atoms with E-state index in [1.807, 2.05) is 0 Å². The van der Waals surface area contributed by atoms with Crippen LogP contribution in [-0.4, -0.2) is 96.7 Å². The van der Waals surface area contributed by atoms with Crippen molar-refractivity contribution in [3.63, 3.8) is 0 Å². The zero-order chi connectivity index (χ0) is 73.0. The number of aliphatic hydroxyl groups excluding tert-OH is 1. The van der Waals surface area contributed by atoms with Crippen LogP contribution in [0.1, 0.15) is 414 Å². The second kappa shape index (κ2) is 70.4. The smallest absolute Gasteiger partial charge is 0.462 e. The number of hydrogen-bond acceptors (Lipinski definition) is 15. The summed E-state index contributed by atoms with van der Waals surface area (Å²) >= 11 is 0. The molecule has 6 atom stereocenters. The summed E-state index contributed by atoms with van der Waals surface area (Å²) in [5.41, 5.74) is 0. The lowest BCUT2D eigenvalue weighted by molar-refractivity contribution is -0.161. The van der Waals surface area contributed by atoms with Gasteiger partial charge >= 0.3 is 39.5 Å². The third-order valence-electron chi connectivity index (χ3n) is 19.0. The molecule has 0 rings (SSSR count). The van der Waals surface area contributed by atoms with E-state index < -0.39 is 97.5 Å². The van der Waals surface area contributed by atoms with Crippen molar-refractivity contribution < 1.29 is 80.2 Å².